The molecule has 4 aromatic rings. The third-order valence-corrected chi connectivity index (χ3v) is 8.06. The summed E-state index contributed by atoms with van der Waals surface area (Å²) in [6, 6.07) is 16.9. The molecule has 38 heavy (non-hydrogen) atoms. The molecule has 1 atom stereocenters. The molecule has 190 valence electrons. The number of thioether (sulfide) groups is 1. The maximum Gasteiger partial charge on any atom is 0.239 e. The summed E-state index contributed by atoms with van der Waals surface area (Å²) in [6.07, 6.45) is 0.857. The van der Waals surface area contributed by atoms with Crippen LogP contribution in [0.25, 0.3) is 22.4 Å². The topological polar surface area (TPSA) is 128 Å². The van der Waals surface area contributed by atoms with Crippen LogP contribution in [-0.2, 0) is 11.2 Å². The summed E-state index contributed by atoms with van der Waals surface area (Å²) in [5, 5.41) is 25.4. The molecule has 3 N–H and O–H groups in total. The monoisotopic (exact) mass is 578 g/mol. The predicted molar refractivity (Wildman–Crippen MR) is 154 cm³/mol. The molecular formula is C27H20Cl2N6OS2. The molecule has 11 heteroatoms. The van der Waals surface area contributed by atoms with E-state index in [4.69, 9.17) is 28.9 Å². The Balaban J connectivity index is 1.59. The molecule has 0 aliphatic heterocycles. The zero-order valence-corrected chi connectivity index (χ0v) is 23.4. The number of carbonyl (C=O) groups is 1. The highest BCUT2D eigenvalue weighted by atomic mass is 35.5. The summed E-state index contributed by atoms with van der Waals surface area (Å²) in [6.45, 7) is 3.74. The van der Waals surface area contributed by atoms with Crippen LogP contribution in [0.1, 0.15) is 30.5 Å². The van der Waals surface area contributed by atoms with Crippen molar-refractivity contribution in [1.82, 2.24) is 9.97 Å². The smallest absolute Gasteiger partial charge is 0.239 e. The Morgan fingerprint density at radius 1 is 1.13 bits per heavy atom. The number of benzene rings is 2. The van der Waals surface area contributed by atoms with E-state index < -0.39 is 5.25 Å². The van der Waals surface area contributed by atoms with Crippen LogP contribution in [0, 0.1) is 22.7 Å². The van der Waals surface area contributed by atoms with E-state index in [2.05, 4.69) is 27.4 Å². The molecule has 2 heterocycles. The van der Waals surface area contributed by atoms with Gasteiger partial charge in [-0.2, -0.15) is 10.5 Å². The summed E-state index contributed by atoms with van der Waals surface area (Å²) in [5.41, 5.74) is 9.96. The molecule has 2 aromatic heterocycles. The molecular weight excluding hydrogens is 559 g/mol. The minimum absolute atomic E-state index is 0.000541. The number of halogens is 2. The Labute approximate surface area is 238 Å². The molecule has 0 spiro atoms. The van der Waals surface area contributed by atoms with Gasteiger partial charge in [-0.25, -0.2) is 9.97 Å². The molecule has 0 fully saturated rings. The Hall–Kier alpha value is -3.60. The number of nitriles is 2. The second-order valence-corrected chi connectivity index (χ2v) is 11.1. The third-order valence-electron chi connectivity index (χ3n) is 5.67. The number of aromatic nitrogens is 2. The number of hydrogen-bond donors (Lipinski definition) is 2. The SMILES string of the molecule is CCc1ccc(-c2c(C#N)c(N)nc(SC(C)C(=O)Nc3nc(-c4ccc(Cl)cc4Cl)cs3)c2C#N)cc1. The van der Waals surface area contributed by atoms with Crippen molar-refractivity contribution in [3.63, 3.8) is 0 Å². The lowest BCUT2D eigenvalue weighted by atomic mass is 9.96. The number of pyridine rings is 1. The Morgan fingerprint density at radius 2 is 1.84 bits per heavy atom. The normalized spacial score (nSPS) is 11.4. The number of nitrogens with one attached hydrogen (secondary N) is 1. The number of hydrogen-bond acceptors (Lipinski definition) is 8. The van der Waals surface area contributed by atoms with Crippen LogP contribution in [0.3, 0.4) is 0 Å². The molecule has 0 radical (unpaired) electrons. The van der Waals surface area contributed by atoms with E-state index in [0.29, 0.717) is 37.6 Å². The number of thiazole rings is 1. The second-order valence-electron chi connectivity index (χ2n) is 8.11. The van der Waals surface area contributed by atoms with Crippen molar-refractivity contribution in [2.75, 3.05) is 11.1 Å². The van der Waals surface area contributed by atoms with Crippen molar-refractivity contribution in [1.29, 1.82) is 10.5 Å². The van der Waals surface area contributed by atoms with Gasteiger partial charge in [-0.15, -0.1) is 11.3 Å². The van der Waals surface area contributed by atoms with E-state index in [1.54, 1.807) is 30.5 Å². The van der Waals surface area contributed by atoms with Gasteiger partial charge in [-0.1, -0.05) is 66.2 Å². The van der Waals surface area contributed by atoms with Gasteiger partial charge in [-0.05, 0) is 42.7 Å². The van der Waals surface area contributed by atoms with E-state index >= 15 is 0 Å². The van der Waals surface area contributed by atoms with Gasteiger partial charge >= 0.3 is 0 Å². The zero-order chi connectivity index (χ0) is 27.4. The van der Waals surface area contributed by atoms with Gasteiger partial charge in [0.25, 0.3) is 0 Å². The first-order valence-corrected chi connectivity index (χ1v) is 13.9. The minimum atomic E-state index is -0.649. The van der Waals surface area contributed by atoms with Crippen molar-refractivity contribution >= 4 is 63.2 Å². The molecule has 2 aromatic carbocycles. The molecule has 0 saturated carbocycles. The van der Waals surface area contributed by atoms with E-state index in [1.165, 1.54) is 11.3 Å². The Kier molecular flexibility index (Phi) is 8.55. The van der Waals surface area contributed by atoms with Crippen molar-refractivity contribution in [3.8, 4) is 34.5 Å². The van der Waals surface area contributed by atoms with Gasteiger partial charge in [0.15, 0.2) is 5.13 Å². The van der Waals surface area contributed by atoms with Gasteiger partial charge < -0.3 is 11.1 Å². The summed E-state index contributed by atoms with van der Waals surface area (Å²) >= 11 is 14.6. The van der Waals surface area contributed by atoms with Gasteiger partial charge in [0.05, 0.1) is 21.5 Å². The van der Waals surface area contributed by atoms with Gasteiger partial charge in [0.2, 0.25) is 5.91 Å². The first-order valence-electron chi connectivity index (χ1n) is 11.4. The molecule has 1 unspecified atom stereocenters. The Morgan fingerprint density at radius 3 is 2.47 bits per heavy atom. The predicted octanol–water partition coefficient (Wildman–Crippen LogP) is 7.19. The number of nitrogen functional groups attached to an aromatic ring is 1. The van der Waals surface area contributed by atoms with Crippen molar-refractivity contribution in [2.45, 2.75) is 30.5 Å². The number of anilines is 2. The second kappa shape index (κ2) is 11.8. The van der Waals surface area contributed by atoms with E-state index in [-0.39, 0.29) is 27.9 Å². The van der Waals surface area contributed by atoms with Crippen LogP contribution in [0.5, 0.6) is 0 Å². The van der Waals surface area contributed by atoms with Crippen molar-refractivity contribution in [2.24, 2.45) is 0 Å². The largest absolute Gasteiger partial charge is 0.383 e. The van der Waals surface area contributed by atoms with Crippen molar-refractivity contribution in [3.05, 3.63) is 74.6 Å². The Bertz CT molecular complexity index is 1610. The van der Waals surface area contributed by atoms with Crippen LogP contribution in [0.4, 0.5) is 10.9 Å². The van der Waals surface area contributed by atoms with E-state index in [9.17, 15) is 15.3 Å². The summed E-state index contributed by atoms with van der Waals surface area (Å²) < 4.78 is 0. The van der Waals surface area contributed by atoms with Crippen LogP contribution < -0.4 is 11.1 Å². The molecule has 0 saturated heterocycles. The van der Waals surface area contributed by atoms with Crippen LogP contribution in [-0.4, -0.2) is 21.1 Å². The first-order chi connectivity index (χ1) is 18.2. The lowest BCUT2D eigenvalue weighted by Gasteiger charge is -2.15. The van der Waals surface area contributed by atoms with Crippen molar-refractivity contribution < 1.29 is 4.79 Å². The minimum Gasteiger partial charge on any atom is -0.383 e. The fourth-order valence-corrected chi connectivity index (χ4v) is 5.80. The average molecular weight is 580 g/mol. The fraction of sp³-hybridized carbons (Fsp3) is 0.148. The highest BCUT2D eigenvalue weighted by Gasteiger charge is 2.24. The fourth-order valence-electron chi connectivity index (χ4n) is 3.66. The van der Waals surface area contributed by atoms with Gasteiger partial charge in [0, 0.05) is 21.5 Å². The maximum absolute atomic E-state index is 13.0. The number of rotatable bonds is 7. The number of nitrogens with two attached hydrogens (primary N) is 1. The highest BCUT2D eigenvalue weighted by Crippen LogP contribution is 2.38. The molecule has 0 bridgehead atoms. The number of carbonyl (C=O) groups excluding carboxylic acids is 1. The average Bonchev–Trinajstić information content (AvgIpc) is 3.36. The van der Waals surface area contributed by atoms with Crippen LogP contribution >= 0.6 is 46.3 Å². The number of aryl methyl sites for hydroxylation is 1. The lowest BCUT2D eigenvalue weighted by molar-refractivity contribution is -0.115. The van der Waals surface area contributed by atoms with Gasteiger partial charge in [0.1, 0.15) is 28.5 Å². The standard InChI is InChI=1S/C27H20Cl2N6OS2/c1-3-15-4-6-16(7-5-15)23-19(11-30)24(32)34-26(20(23)12-31)38-14(2)25(36)35-27-33-22(13-37-27)18-9-8-17(28)10-21(18)29/h4-10,13-14H,3H2,1-2H3,(H2,32,34)(H,33,35,36). The molecule has 7 nitrogen and oxygen atoms in total. The summed E-state index contributed by atoms with van der Waals surface area (Å²) in [5.74, 6) is -0.332. The lowest BCUT2D eigenvalue weighted by Crippen LogP contribution is -2.22. The van der Waals surface area contributed by atoms with E-state index in [0.717, 1.165) is 23.7 Å². The molecule has 0 aliphatic rings. The highest BCUT2D eigenvalue weighted by molar-refractivity contribution is 8.00. The summed E-state index contributed by atoms with van der Waals surface area (Å²) in [7, 11) is 0. The number of nitrogens with zero attached hydrogens (tertiary/aromatic N) is 4. The zero-order valence-electron chi connectivity index (χ0n) is 20.3. The molecule has 1 amide bonds. The van der Waals surface area contributed by atoms with Gasteiger partial charge in [-0.3, -0.25) is 4.79 Å². The maximum atomic E-state index is 13.0. The molecule has 4 rings (SSSR count). The quantitative estimate of drug-likeness (QED) is 0.222. The first kappa shape index (κ1) is 27.4. The van der Waals surface area contributed by atoms with Crippen LogP contribution in [0.2, 0.25) is 10.0 Å². The van der Waals surface area contributed by atoms with Crippen LogP contribution in [0.15, 0.2) is 52.9 Å². The molecule has 0 aliphatic carbocycles. The van der Waals surface area contributed by atoms with E-state index in [1.807, 2.05) is 31.2 Å². The third kappa shape index (κ3) is 5.77. The summed E-state index contributed by atoms with van der Waals surface area (Å²) in [4.78, 5) is 21.8. The number of amides is 1.